The number of nitrogens with one attached hydrogen (secondary N) is 1. The fourth-order valence-corrected chi connectivity index (χ4v) is 3.58. The normalized spacial score (nSPS) is 18.2. The van der Waals surface area contributed by atoms with Gasteiger partial charge >= 0.3 is 0 Å². The van der Waals surface area contributed by atoms with Crippen molar-refractivity contribution in [1.82, 2.24) is 14.5 Å². The van der Waals surface area contributed by atoms with Crippen molar-refractivity contribution in [3.05, 3.63) is 78.8 Å². The minimum absolute atomic E-state index is 0.509. The van der Waals surface area contributed by atoms with E-state index in [0.29, 0.717) is 6.04 Å². The van der Waals surface area contributed by atoms with Crippen LogP contribution in [0.15, 0.2) is 73.1 Å². The molecule has 3 aromatic rings. The topological polar surface area (TPSA) is 33.1 Å². The van der Waals surface area contributed by atoms with Gasteiger partial charge in [-0.05, 0) is 55.8 Å². The van der Waals surface area contributed by atoms with E-state index < -0.39 is 0 Å². The first-order valence-electron chi connectivity index (χ1n) is 9.00. The van der Waals surface area contributed by atoms with Crippen LogP contribution in [0.3, 0.4) is 0 Å². The number of pyridine rings is 1. The molecule has 4 nitrogen and oxygen atoms in total. The Balaban J connectivity index is 1.42. The van der Waals surface area contributed by atoms with Gasteiger partial charge in [0.25, 0.3) is 0 Å². The summed E-state index contributed by atoms with van der Waals surface area (Å²) in [5.41, 5.74) is 2.50. The summed E-state index contributed by atoms with van der Waals surface area (Å²) in [6, 6.07) is 21.4. The lowest BCUT2D eigenvalue weighted by Gasteiger charge is -2.33. The Morgan fingerprint density at radius 1 is 1.00 bits per heavy atom. The summed E-state index contributed by atoms with van der Waals surface area (Å²) < 4.78 is 2.19. The zero-order chi connectivity index (χ0) is 16.9. The van der Waals surface area contributed by atoms with E-state index in [4.69, 9.17) is 0 Å². The van der Waals surface area contributed by atoms with Gasteiger partial charge in [0.1, 0.15) is 5.82 Å². The number of hydrogen-bond donors (Lipinski definition) is 1. The van der Waals surface area contributed by atoms with Gasteiger partial charge in [-0.1, -0.05) is 24.3 Å². The fraction of sp³-hybridized carbons (Fsp3) is 0.286. The summed E-state index contributed by atoms with van der Waals surface area (Å²) in [4.78, 5) is 7.02. The molecule has 1 saturated heterocycles. The van der Waals surface area contributed by atoms with Crippen LogP contribution in [0.1, 0.15) is 18.5 Å². The Kier molecular flexibility index (Phi) is 4.79. The van der Waals surface area contributed by atoms with E-state index in [1.54, 1.807) is 0 Å². The SMILES string of the molecule is c1ccc(NC2CCCN(Cc3cccn3-c3ccccn3)C2)cc1. The third-order valence-electron chi connectivity index (χ3n) is 4.76. The maximum absolute atomic E-state index is 4.48. The van der Waals surface area contributed by atoms with Crippen LogP contribution in [-0.2, 0) is 6.54 Å². The van der Waals surface area contributed by atoms with Crippen LogP contribution in [0, 0.1) is 0 Å². The second kappa shape index (κ2) is 7.53. The van der Waals surface area contributed by atoms with E-state index in [0.717, 1.165) is 25.5 Å². The number of nitrogens with zero attached hydrogens (tertiary/aromatic N) is 3. The van der Waals surface area contributed by atoms with Gasteiger partial charge in [0.2, 0.25) is 0 Å². The molecule has 4 heteroatoms. The summed E-state index contributed by atoms with van der Waals surface area (Å²) in [6.45, 7) is 3.18. The van der Waals surface area contributed by atoms with Crippen LogP contribution in [0.5, 0.6) is 0 Å². The largest absolute Gasteiger partial charge is 0.381 e. The van der Waals surface area contributed by atoms with Gasteiger partial charge in [-0.25, -0.2) is 4.98 Å². The van der Waals surface area contributed by atoms with Crippen molar-refractivity contribution in [2.75, 3.05) is 18.4 Å². The van der Waals surface area contributed by atoms with Crippen molar-refractivity contribution in [3.63, 3.8) is 0 Å². The van der Waals surface area contributed by atoms with Crippen molar-refractivity contribution in [2.24, 2.45) is 0 Å². The molecule has 1 unspecified atom stereocenters. The molecule has 2 aromatic heterocycles. The molecule has 1 N–H and O–H groups in total. The predicted octanol–water partition coefficient (Wildman–Crippen LogP) is 3.95. The quantitative estimate of drug-likeness (QED) is 0.768. The zero-order valence-corrected chi connectivity index (χ0v) is 14.4. The Bertz CT molecular complexity index is 782. The average molecular weight is 332 g/mol. The highest BCUT2D eigenvalue weighted by atomic mass is 15.2. The zero-order valence-electron chi connectivity index (χ0n) is 14.4. The van der Waals surface area contributed by atoms with E-state index in [2.05, 4.69) is 74.5 Å². The van der Waals surface area contributed by atoms with Gasteiger partial charge < -0.3 is 9.88 Å². The molecule has 0 spiro atoms. The first kappa shape index (κ1) is 15.9. The molecule has 0 bridgehead atoms. The summed E-state index contributed by atoms with van der Waals surface area (Å²) in [6.07, 6.45) is 6.41. The molecule has 1 fully saturated rings. The summed E-state index contributed by atoms with van der Waals surface area (Å²) >= 11 is 0. The number of rotatable bonds is 5. The number of benzene rings is 1. The molecule has 128 valence electrons. The smallest absolute Gasteiger partial charge is 0.136 e. The third-order valence-corrected chi connectivity index (χ3v) is 4.76. The molecule has 4 rings (SSSR count). The molecular formula is C21H24N4. The minimum atomic E-state index is 0.509. The number of anilines is 1. The number of aromatic nitrogens is 2. The Hall–Kier alpha value is -2.59. The van der Waals surface area contributed by atoms with Gasteiger partial charge in [-0.2, -0.15) is 0 Å². The highest BCUT2D eigenvalue weighted by Crippen LogP contribution is 2.19. The minimum Gasteiger partial charge on any atom is -0.381 e. The van der Waals surface area contributed by atoms with E-state index in [-0.39, 0.29) is 0 Å². The van der Waals surface area contributed by atoms with Crippen LogP contribution >= 0.6 is 0 Å². The molecule has 25 heavy (non-hydrogen) atoms. The van der Waals surface area contributed by atoms with Gasteiger partial charge in [-0.15, -0.1) is 0 Å². The first-order chi connectivity index (χ1) is 12.4. The lowest BCUT2D eigenvalue weighted by molar-refractivity contribution is 0.205. The van der Waals surface area contributed by atoms with Gasteiger partial charge in [0.15, 0.2) is 0 Å². The predicted molar refractivity (Wildman–Crippen MR) is 102 cm³/mol. The molecule has 0 saturated carbocycles. The molecule has 3 heterocycles. The van der Waals surface area contributed by atoms with Crippen molar-refractivity contribution in [1.29, 1.82) is 0 Å². The number of hydrogen-bond acceptors (Lipinski definition) is 3. The van der Waals surface area contributed by atoms with Crippen LogP contribution in [0.4, 0.5) is 5.69 Å². The average Bonchev–Trinajstić information content (AvgIpc) is 3.12. The Morgan fingerprint density at radius 3 is 2.72 bits per heavy atom. The lowest BCUT2D eigenvalue weighted by atomic mass is 10.0. The summed E-state index contributed by atoms with van der Waals surface area (Å²) in [7, 11) is 0. The van der Waals surface area contributed by atoms with Gasteiger partial charge in [-0.3, -0.25) is 4.90 Å². The molecular weight excluding hydrogens is 308 g/mol. The number of piperidine rings is 1. The third kappa shape index (κ3) is 3.91. The van der Waals surface area contributed by atoms with Gasteiger partial charge in [0.05, 0.1) is 0 Å². The van der Waals surface area contributed by atoms with Gasteiger partial charge in [0, 0.05) is 42.9 Å². The van der Waals surface area contributed by atoms with E-state index in [1.807, 2.05) is 18.3 Å². The van der Waals surface area contributed by atoms with Crippen molar-refractivity contribution in [3.8, 4) is 5.82 Å². The van der Waals surface area contributed by atoms with Crippen LogP contribution in [-0.4, -0.2) is 33.6 Å². The highest BCUT2D eigenvalue weighted by molar-refractivity contribution is 5.43. The van der Waals surface area contributed by atoms with E-state index in [1.165, 1.54) is 24.2 Å². The fourth-order valence-electron chi connectivity index (χ4n) is 3.58. The Morgan fingerprint density at radius 2 is 1.88 bits per heavy atom. The molecule has 0 radical (unpaired) electrons. The second-order valence-electron chi connectivity index (χ2n) is 6.64. The molecule has 1 aliphatic heterocycles. The standard InChI is InChI=1S/C21H24N4/c1-2-8-18(9-3-1)23-19-10-6-14-24(16-19)17-20-11-7-15-25(20)21-12-4-5-13-22-21/h1-5,7-9,11-13,15,19,23H,6,10,14,16-17H2. The van der Waals surface area contributed by atoms with Crippen LogP contribution in [0.2, 0.25) is 0 Å². The van der Waals surface area contributed by atoms with E-state index >= 15 is 0 Å². The molecule has 0 aliphatic carbocycles. The molecule has 0 amide bonds. The van der Waals surface area contributed by atoms with Crippen molar-refractivity contribution >= 4 is 5.69 Å². The van der Waals surface area contributed by atoms with Crippen molar-refractivity contribution < 1.29 is 0 Å². The lowest BCUT2D eigenvalue weighted by Crippen LogP contribution is -2.41. The van der Waals surface area contributed by atoms with E-state index in [9.17, 15) is 0 Å². The number of para-hydroxylation sites is 1. The molecule has 1 atom stereocenters. The summed E-state index contributed by atoms with van der Waals surface area (Å²) in [5.74, 6) is 0.985. The van der Waals surface area contributed by atoms with Crippen LogP contribution in [0.25, 0.3) is 5.82 Å². The summed E-state index contributed by atoms with van der Waals surface area (Å²) in [5, 5.41) is 3.68. The molecule has 1 aliphatic rings. The van der Waals surface area contributed by atoms with Crippen LogP contribution < -0.4 is 5.32 Å². The Labute approximate surface area is 149 Å². The second-order valence-corrected chi connectivity index (χ2v) is 6.64. The monoisotopic (exact) mass is 332 g/mol. The molecule has 1 aromatic carbocycles. The highest BCUT2D eigenvalue weighted by Gasteiger charge is 2.20. The number of likely N-dealkylation sites (tertiary alicyclic amines) is 1. The first-order valence-corrected chi connectivity index (χ1v) is 9.00. The van der Waals surface area contributed by atoms with Crippen molar-refractivity contribution in [2.45, 2.75) is 25.4 Å². The maximum Gasteiger partial charge on any atom is 0.136 e. The maximum atomic E-state index is 4.48.